The summed E-state index contributed by atoms with van der Waals surface area (Å²) < 4.78 is 15.8. The van der Waals surface area contributed by atoms with Gasteiger partial charge in [0.1, 0.15) is 5.69 Å². The molecule has 0 unspecified atom stereocenters. The number of carbonyl (C=O) groups is 1. The van der Waals surface area contributed by atoms with Crippen LogP contribution in [0.1, 0.15) is 24.2 Å². The van der Waals surface area contributed by atoms with Crippen LogP contribution in [0.2, 0.25) is 0 Å². The largest absolute Gasteiger partial charge is 0.326 e. The van der Waals surface area contributed by atoms with Gasteiger partial charge in [0.15, 0.2) is 5.82 Å². The molecule has 5 nitrogen and oxygen atoms in total. The number of halogens is 1. The normalized spacial score (nSPS) is 10.7. The molecule has 6 heteroatoms. The third-order valence-corrected chi connectivity index (χ3v) is 3.30. The standard InChI is InChI=1S/C16H21FN4O/c1-11-9-12(2)21(20-11)15-7-6-13(10-14(15)17)19-16(22)5-4-8-18-3/h6-7,9-10,18H,4-5,8H2,1-3H3,(H,19,22). The molecule has 0 saturated carbocycles. The molecule has 0 radical (unpaired) electrons. The van der Waals surface area contributed by atoms with Gasteiger partial charge >= 0.3 is 0 Å². The van der Waals surface area contributed by atoms with E-state index in [9.17, 15) is 9.18 Å². The van der Waals surface area contributed by atoms with E-state index in [2.05, 4.69) is 15.7 Å². The third kappa shape index (κ3) is 3.92. The molecule has 2 aromatic rings. The number of aryl methyl sites for hydroxylation is 2. The Morgan fingerprint density at radius 1 is 1.32 bits per heavy atom. The van der Waals surface area contributed by atoms with Crippen LogP contribution in [0.25, 0.3) is 5.69 Å². The highest BCUT2D eigenvalue weighted by Crippen LogP contribution is 2.20. The van der Waals surface area contributed by atoms with Crippen LogP contribution < -0.4 is 10.6 Å². The molecule has 118 valence electrons. The zero-order chi connectivity index (χ0) is 16.1. The summed E-state index contributed by atoms with van der Waals surface area (Å²) in [5.74, 6) is -0.535. The first-order valence-electron chi connectivity index (χ1n) is 7.29. The van der Waals surface area contributed by atoms with Gasteiger partial charge in [0.05, 0.1) is 5.69 Å². The van der Waals surface area contributed by atoms with Crippen LogP contribution in [-0.4, -0.2) is 29.3 Å². The number of carbonyl (C=O) groups excluding carboxylic acids is 1. The van der Waals surface area contributed by atoms with Gasteiger partial charge in [-0.1, -0.05) is 0 Å². The van der Waals surface area contributed by atoms with Crippen LogP contribution in [0, 0.1) is 19.7 Å². The summed E-state index contributed by atoms with van der Waals surface area (Å²) in [6.45, 7) is 4.51. The minimum atomic E-state index is -0.417. The SMILES string of the molecule is CNCCCC(=O)Nc1ccc(-n2nc(C)cc2C)c(F)c1. The fourth-order valence-electron chi connectivity index (χ4n) is 2.28. The van der Waals surface area contributed by atoms with E-state index in [0.717, 1.165) is 24.4 Å². The second-order valence-electron chi connectivity index (χ2n) is 5.26. The second-order valence-corrected chi connectivity index (χ2v) is 5.26. The maximum atomic E-state index is 14.3. The average molecular weight is 304 g/mol. The number of rotatable bonds is 6. The quantitative estimate of drug-likeness (QED) is 0.806. The minimum absolute atomic E-state index is 0.117. The number of hydrogen-bond acceptors (Lipinski definition) is 3. The van der Waals surface area contributed by atoms with Gasteiger partial charge in [-0.3, -0.25) is 4.79 Å². The van der Waals surface area contributed by atoms with Crippen molar-refractivity contribution in [1.82, 2.24) is 15.1 Å². The van der Waals surface area contributed by atoms with Crippen molar-refractivity contribution in [2.24, 2.45) is 0 Å². The van der Waals surface area contributed by atoms with Crippen LogP contribution in [0.4, 0.5) is 10.1 Å². The van der Waals surface area contributed by atoms with Gasteiger partial charge in [0.2, 0.25) is 5.91 Å². The lowest BCUT2D eigenvalue weighted by atomic mass is 10.2. The number of benzene rings is 1. The molecule has 2 rings (SSSR count). The Kier molecular flexibility index (Phi) is 5.27. The van der Waals surface area contributed by atoms with Gasteiger partial charge in [-0.2, -0.15) is 5.10 Å². The first-order chi connectivity index (χ1) is 10.5. The molecule has 2 N–H and O–H groups in total. The molecular formula is C16H21FN4O. The van der Waals surface area contributed by atoms with Gasteiger partial charge in [-0.05, 0) is 58.1 Å². The molecule has 0 atom stereocenters. The molecule has 0 aliphatic heterocycles. The minimum Gasteiger partial charge on any atom is -0.326 e. The van der Waals surface area contributed by atoms with Gasteiger partial charge in [-0.15, -0.1) is 0 Å². The number of amides is 1. The highest BCUT2D eigenvalue weighted by molar-refractivity contribution is 5.90. The van der Waals surface area contributed by atoms with Crippen molar-refractivity contribution >= 4 is 11.6 Å². The van der Waals surface area contributed by atoms with E-state index in [4.69, 9.17) is 0 Å². The van der Waals surface area contributed by atoms with Gasteiger partial charge in [-0.25, -0.2) is 9.07 Å². The molecule has 0 spiro atoms. The lowest BCUT2D eigenvalue weighted by Gasteiger charge is -2.09. The van der Waals surface area contributed by atoms with Crippen LogP contribution >= 0.6 is 0 Å². The fourth-order valence-corrected chi connectivity index (χ4v) is 2.28. The molecule has 0 fully saturated rings. The zero-order valence-corrected chi connectivity index (χ0v) is 13.1. The summed E-state index contributed by atoms with van der Waals surface area (Å²) in [5, 5.41) is 9.95. The lowest BCUT2D eigenvalue weighted by molar-refractivity contribution is -0.116. The Hall–Kier alpha value is -2.21. The van der Waals surface area contributed by atoms with Gasteiger partial charge in [0.25, 0.3) is 0 Å². The highest BCUT2D eigenvalue weighted by atomic mass is 19.1. The molecule has 0 saturated heterocycles. The Balaban J connectivity index is 2.10. The molecule has 1 heterocycles. The van der Waals surface area contributed by atoms with E-state index in [1.165, 1.54) is 6.07 Å². The average Bonchev–Trinajstić information content (AvgIpc) is 2.78. The number of nitrogens with zero attached hydrogens (tertiary/aromatic N) is 2. The Bertz CT molecular complexity index is 666. The predicted molar refractivity (Wildman–Crippen MR) is 84.8 cm³/mol. The van der Waals surface area contributed by atoms with Crippen molar-refractivity contribution in [1.29, 1.82) is 0 Å². The summed E-state index contributed by atoms with van der Waals surface area (Å²) in [4.78, 5) is 11.7. The molecule has 1 aromatic heterocycles. The van der Waals surface area contributed by atoms with Gasteiger partial charge < -0.3 is 10.6 Å². The molecule has 0 bridgehead atoms. The van der Waals surface area contributed by atoms with E-state index in [1.807, 2.05) is 27.0 Å². The third-order valence-electron chi connectivity index (χ3n) is 3.30. The lowest BCUT2D eigenvalue weighted by Crippen LogP contribution is -2.15. The summed E-state index contributed by atoms with van der Waals surface area (Å²) in [6, 6.07) is 6.52. The molecule has 0 aliphatic rings. The second kappa shape index (κ2) is 7.17. The molecule has 1 aromatic carbocycles. The van der Waals surface area contributed by atoms with Crippen molar-refractivity contribution in [2.75, 3.05) is 18.9 Å². The molecule has 1 amide bonds. The number of nitrogens with one attached hydrogen (secondary N) is 2. The maximum absolute atomic E-state index is 14.3. The summed E-state index contributed by atoms with van der Waals surface area (Å²) in [5.41, 5.74) is 2.52. The van der Waals surface area contributed by atoms with Gasteiger partial charge in [0, 0.05) is 17.8 Å². The fraction of sp³-hybridized carbons (Fsp3) is 0.375. The first kappa shape index (κ1) is 16.2. The number of hydrogen-bond donors (Lipinski definition) is 2. The van der Waals surface area contributed by atoms with Crippen molar-refractivity contribution in [2.45, 2.75) is 26.7 Å². The van der Waals surface area contributed by atoms with Crippen molar-refractivity contribution in [3.05, 3.63) is 41.5 Å². The number of aromatic nitrogens is 2. The first-order valence-corrected chi connectivity index (χ1v) is 7.29. The van der Waals surface area contributed by atoms with E-state index < -0.39 is 5.82 Å². The topological polar surface area (TPSA) is 59.0 Å². The van der Waals surface area contributed by atoms with E-state index >= 15 is 0 Å². The van der Waals surface area contributed by atoms with E-state index in [-0.39, 0.29) is 5.91 Å². The maximum Gasteiger partial charge on any atom is 0.224 e. The summed E-state index contributed by atoms with van der Waals surface area (Å²) in [7, 11) is 1.84. The predicted octanol–water partition coefficient (Wildman–Crippen LogP) is 2.57. The zero-order valence-electron chi connectivity index (χ0n) is 13.1. The number of anilines is 1. The monoisotopic (exact) mass is 304 g/mol. The van der Waals surface area contributed by atoms with Crippen LogP contribution in [-0.2, 0) is 4.79 Å². The summed E-state index contributed by atoms with van der Waals surface area (Å²) in [6.07, 6.45) is 1.15. The molecule has 0 aliphatic carbocycles. The van der Waals surface area contributed by atoms with Crippen molar-refractivity contribution in [3.8, 4) is 5.69 Å². The van der Waals surface area contributed by atoms with E-state index in [0.29, 0.717) is 17.8 Å². The summed E-state index contributed by atoms with van der Waals surface area (Å²) >= 11 is 0. The van der Waals surface area contributed by atoms with Crippen molar-refractivity contribution in [3.63, 3.8) is 0 Å². The Morgan fingerprint density at radius 2 is 2.09 bits per heavy atom. The Morgan fingerprint density at radius 3 is 2.68 bits per heavy atom. The van der Waals surface area contributed by atoms with E-state index in [1.54, 1.807) is 16.8 Å². The van der Waals surface area contributed by atoms with Crippen LogP contribution in [0.5, 0.6) is 0 Å². The Labute approximate surface area is 129 Å². The molecule has 22 heavy (non-hydrogen) atoms. The van der Waals surface area contributed by atoms with Crippen LogP contribution in [0.3, 0.4) is 0 Å². The highest BCUT2D eigenvalue weighted by Gasteiger charge is 2.11. The molecular weight excluding hydrogens is 283 g/mol. The van der Waals surface area contributed by atoms with Crippen molar-refractivity contribution < 1.29 is 9.18 Å². The smallest absolute Gasteiger partial charge is 0.224 e. The van der Waals surface area contributed by atoms with Crippen LogP contribution in [0.15, 0.2) is 24.3 Å².